The number of benzene rings is 1. The third-order valence-corrected chi connectivity index (χ3v) is 3.35. The first-order chi connectivity index (χ1) is 10.4. The largest absolute Gasteiger partial charge is 0.463 e. The fourth-order valence-electron chi connectivity index (χ4n) is 2.44. The molecule has 2 rings (SSSR count). The Morgan fingerprint density at radius 3 is 2.50 bits per heavy atom. The molecule has 0 fully saturated rings. The molecule has 1 heterocycles. The highest BCUT2D eigenvalue weighted by atomic mass is 16.6. The van der Waals surface area contributed by atoms with Gasteiger partial charge >= 0.3 is 5.97 Å². The summed E-state index contributed by atoms with van der Waals surface area (Å²) in [6, 6.07) is 9.07. The van der Waals surface area contributed by atoms with E-state index in [2.05, 4.69) is 0 Å². The molecular formula is C17H18O5. The van der Waals surface area contributed by atoms with E-state index in [9.17, 15) is 14.7 Å². The van der Waals surface area contributed by atoms with Crippen molar-refractivity contribution in [3.63, 3.8) is 0 Å². The van der Waals surface area contributed by atoms with Crippen LogP contribution in [0, 0.1) is 0 Å². The molecule has 0 unspecified atom stereocenters. The van der Waals surface area contributed by atoms with Crippen LogP contribution >= 0.6 is 0 Å². The summed E-state index contributed by atoms with van der Waals surface area (Å²) < 4.78 is 10.4. The topological polar surface area (TPSA) is 72.8 Å². The lowest BCUT2D eigenvalue weighted by atomic mass is 9.89. The Bertz CT molecular complexity index is 657. The highest BCUT2D eigenvalue weighted by Crippen LogP contribution is 2.40. The summed E-state index contributed by atoms with van der Waals surface area (Å²) in [6.07, 6.45) is 1.52. The predicted octanol–water partition coefficient (Wildman–Crippen LogP) is 2.21. The number of esters is 1. The molecular weight excluding hydrogens is 284 g/mol. The second-order valence-electron chi connectivity index (χ2n) is 4.94. The van der Waals surface area contributed by atoms with E-state index < -0.39 is 17.4 Å². The first-order valence-electron chi connectivity index (χ1n) is 6.98. The molecule has 1 aromatic rings. The van der Waals surface area contributed by atoms with Gasteiger partial charge in [-0.3, -0.25) is 4.79 Å². The van der Waals surface area contributed by atoms with Crippen molar-refractivity contribution in [3.05, 3.63) is 53.0 Å². The highest BCUT2D eigenvalue weighted by molar-refractivity contribution is 6.06. The minimum absolute atomic E-state index is 0.0279. The van der Waals surface area contributed by atoms with Crippen molar-refractivity contribution < 1.29 is 24.2 Å². The van der Waals surface area contributed by atoms with Crippen LogP contribution in [0.15, 0.2) is 47.4 Å². The Balaban J connectivity index is 2.54. The van der Waals surface area contributed by atoms with E-state index in [1.165, 1.54) is 19.9 Å². The van der Waals surface area contributed by atoms with Crippen molar-refractivity contribution in [3.8, 4) is 0 Å². The molecule has 0 aromatic heterocycles. The van der Waals surface area contributed by atoms with Gasteiger partial charge in [-0.05, 0) is 32.4 Å². The third kappa shape index (κ3) is 2.67. The number of rotatable bonds is 4. The van der Waals surface area contributed by atoms with E-state index in [4.69, 9.17) is 9.47 Å². The molecule has 0 saturated carbocycles. The summed E-state index contributed by atoms with van der Waals surface area (Å²) in [4.78, 5) is 24.1. The van der Waals surface area contributed by atoms with E-state index in [0.29, 0.717) is 0 Å². The van der Waals surface area contributed by atoms with Gasteiger partial charge in [0.1, 0.15) is 5.76 Å². The number of hydrogen-bond acceptors (Lipinski definition) is 5. The first-order valence-corrected chi connectivity index (χ1v) is 6.98. The zero-order chi connectivity index (χ0) is 16.3. The molecule has 1 aliphatic rings. The van der Waals surface area contributed by atoms with Crippen molar-refractivity contribution in [2.45, 2.75) is 26.4 Å². The average molecular weight is 302 g/mol. The quantitative estimate of drug-likeness (QED) is 0.863. The van der Waals surface area contributed by atoms with Gasteiger partial charge in [0.05, 0.1) is 12.2 Å². The van der Waals surface area contributed by atoms with Crippen LogP contribution in [0.2, 0.25) is 0 Å². The van der Waals surface area contributed by atoms with Gasteiger partial charge in [-0.2, -0.15) is 0 Å². The summed E-state index contributed by atoms with van der Waals surface area (Å²) >= 11 is 0. The van der Waals surface area contributed by atoms with E-state index in [1.54, 1.807) is 19.1 Å². The average Bonchev–Trinajstić information content (AvgIpc) is 2.72. The monoisotopic (exact) mass is 302 g/mol. The van der Waals surface area contributed by atoms with Crippen LogP contribution in [0.4, 0.5) is 0 Å². The number of carbonyl (C=O) groups excluding carboxylic acids is 2. The molecule has 0 bridgehead atoms. The highest BCUT2D eigenvalue weighted by Gasteiger charge is 2.54. The molecule has 0 aliphatic carbocycles. The van der Waals surface area contributed by atoms with E-state index in [0.717, 1.165) is 5.56 Å². The van der Waals surface area contributed by atoms with Crippen molar-refractivity contribution >= 4 is 17.8 Å². The maximum atomic E-state index is 12.2. The standard InChI is InChI=1S/C17H18O5/c1-4-21-16(19)17(20)14(10-13-8-6-5-7-9-13)22-12(3)15(17)11(2)18/h5-10,20H,4H2,1-3H3/b14-10-/t17-/m0/s1. The van der Waals surface area contributed by atoms with Gasteiger partial charge in [0, 0.05) is 0 Å². The van der Waals surface area contributed by atoms with E-state index in [-0.39, 0.29) is 23.7 Å². The lowest BCUT2D eigenvalue weighted by molar-refractivity contribution is -0.159. The van der Waals surface area contributed by atoms with Crippen LogP contribution in [-0.2, 0) is 19.1 Å². The fourth-order valence-corrected chi connectivity index (χ4v) is 2.44. The molecule has 0 saturated heterocycles. The second-order valence-corrected chi connectivity index (χ2v) is 4.94. The van der Waals surface area contributed by atoms with Crippen LogP contribution in [0.5, 0.6) is 0 Å². The van der Waals surface area contributed by atoms with Gasteiger partial charge in [0.15, 0.2) is 11.5 Å². The van der Waals surface area contributed by atoms with Crippen LogP contribution in [0.1, 0.15) is 26.3 Å². The summed E-state index contributed by atoms with van der Waals surface area (Å²) in [5, 5.41) is 10.9. The molecule has 1 atom stereocenters. The Hall–Kier alpha value is -2.40. The van der Waals surface area contributed by atoms with Gasteiger partial charge < -0.3 is 14.6 Å². The van der Waals surface area contributed by atoms with E-state index >= 15 is 0 Å². The van der Waals surface area contributed by atoms with E-state index in [1.807, 2.05) is 18.2 Å². The minimum atomic E-state index is -2.21. The summed E-state index contributed by atoms with van der Waals surface area (Å²) in [7, 11) is 0. The van der Waals surface area contributed by atoms with Crippen LogP contribution in [0.3, 0.4) is 0 Å². The van der Waals surface area contributed by atoms with Crippen LogP contribution in [0.25, 0.3) is 6.08 Å². The summed E-state index contributed by atoms with van der Waals surface area (Å²) in [6.45, 7) is 4.52. The Morgan fingerprint density at radius 1 is 1.32 bits per heavy atom. The van der Waals surface area contributed by atoms with Gasteiger partial charge in [0.2, 0.25) is 0 Å². The van der Waals surface area contributed by atoms with Gasteiger partial charge in [-0.15, -0.1) is 0 Å². The summed E-state index contributed by atoms with van der Waals surface area (Å²) in [5.74, 6) is -1.19. The molecule has 0 spiro atoms. The van der Waals surface area contributed by atoms with Crippen molar-refractivity contribution in [2.75, 3.05) is 6.61 Å². The number of hydrogen-bond donors (Lipinski definition) is 1. The normalized spacial score (nSPS) is 22.6. The smallest absolute Gasteiger partial charge is 0.351 e. The minimum Gasteiger partial charge on any atom is -0.463 e. The van der Waals surface area contributed by atoms with Crippen molar-refractivity contribution in [1.82, 2.24) is 0 Å². The predicted molar refractivity (Wildman–Crippen MR) is 80.5 cm³/mol. The summed E-state index contributed by atoms with van der Waals surface area (Å²) in [5.41, 5.74) is -1.56. The zero-order valence-corrected chi connectivity index (χ0v) is 12.8. The van der Waals surface area contributed by atoms with Crippen LogP contribution in [-0.4, -0.2) is 29.1 Å². The van der Waals surface area contributed by atoms with Crippen molar-refractivity contribution in [2.24, 2.45) is 0 Å². The Kier molecular flexibility index (Phi) is 4.47. The maximum absolute atomic E-state index is 12.2. The second kappa shape index (κ2) is 6.15. The van der Waals surface area contributed by atoms with Gasteiger partial charge in [-0.1, -0.05) is 30.3 Å². The molecule has 1 aliphatic heterocycles. The lowest BCUT2D eigenvalue weighted by Gasteiger charge is -2.22. The lowest BCUT2D eigenvalue weighted by Crippen LogP contribution is -2.43. The Labute approximate surface area is 128 Å². The first kappa shape index (κ1) is 16.0. The molecule has 1 aromatic carbocycles. The number of ether oxygens (including phenoxy) is 2. The van der Waals surface area contributed by atoms with Crippen molar-refractivity contribution in [1.29, 1.82) is 0 Å². The third-order valence-electron chi connectivity index (χ3n) is 3.35. The fraction of sp³-hybridized carbons (Fsp3) is 0.294. The Morgan fingerprint density at radius 2 is 1.95 bits per heavy atom. The molecule has 1 N–H and O–H groups in total. The number of allylic oxidation sites excluding steroid dienone is 1. The molecule has 0 radical (unpaired) electrons. The number of carbonyl (C=O) groups is 2. The van der Waals surface area contributed by atoms with Gasteiger partial charge in [0.25, 0.3) is 5.60 Å². The number of ketones is 1. The maximum Gasteiger partial charge on any atom is 0.351 e. The molecule has 0 amide bonds. The molecule has 22 heavy (non-hydrogen) atoms. The number of aliphatic hydroxyl groups is 1. The van der Waals surface area contributed by atoms with Gasteiger partial charge in [-0.25, -0.2) is 4.79 Å². The SMILES string of the molecule is CCOC(=O)[C@@]1(O)C(C(C)=O)=C(C)O/C1=C\c1ccccc1. The number of Topliss-reactive ketones (excluding diaryl/α,β-unsaturated/α-hetero) is 1. The molecule has 116 valence electrons. The zero-order valence-electron chi connectivity index (χ0n) is 12.8. The molecule has 5 heteroatoms. The molecule has 5 nitrogen and oxygen atoms in total. The van der Waals surface area contributed by atoms with Crippen LogP contribution < -0.4 is 0 Å².